The van der Waals surface area contributed by atoms with Crippen molar-refractivity contribution in [3.63, 3.8) is 0 Å². The Morgan fingerprint density at radius 1 is 1.28 bits per heavy atom. The molecule has 6 heteroatoms. The normalized spacial score (nSPS) is 10.9. The molecule has 0 unspecified atom stereocenters. The number of nitrogens with zero attached hydrogens (tertiary/aromatic N) is 3. The third kappa shape index (κ3) is 1.89. The Morgan fingerprint density at radius 2 is 2.17 bits per heavy atom. The molecule has 3 heterocycles. The van der Waals surface area contributed by atoms with E-state index in [0.717, 1.165) is 0 Å². The van der Waals surface area contributed by atoms with Crippen LogP contribution in [0.5, 0.6) is 0 Å². The molecular weight excluding hydrogens is 254 g/mol. The lowest BCUT2D eigenvalue weighted by Gasteiger charge is -2.01. The molecule has 18 heavy (non-hydrogen) atoms. The van der Waals surface area contributed by atoms with Gasteiger partial charge in [-0.3, -0.25) is 9.55 Å². The second-order valence-electron chi connectivity index (χ2n) is 3.74. The maximum atomic E-state index is 11.7. The molecule has 0 saturated carbocycles. The van der Waals surface area contributed by atoms with Crippen LogP contribution in [-0.4, -0.2) is 14.5 Å². The van der Waals surface area contributed by atoms with Gasteiger partial charge in [0.25, 0.3) is 0 Å². The van der Waals surface area contributed by atoms with Gasteiger partial charge in [0.05, 0.1) is 12.2 Å². The molecule has 0 saturated heterocycles. The van der Waals surface area contributed by atoms with Crippen molar-refractivity contribution in [2.45, 2.75) is 6.54 Å². The Bertz CT molecular complexity index is 763. The molecule has 0 aliphatic carbocycles. The van der Waals surface area contributed by atoms with Gasteiger partial charge in [0.15, 0.2) is 11.2 Å². The topological polar surface area (TPSA) is 60.9 Å². The summed E-state index contributed by atoms with van der Waals surface area (Å²) in [7, 11) is 0. The first-order valence-corrected chi connectivity index (χ1v) is 5.66. The van der Waals surface area contributed by atoms with Gasteiger partial charge in [0.1, 0.15) is 0 Å². The fourth-order valence-electron chi connectivity index (χ4n) is 1.74. The quantitative estimate of drug-likeness (QED) is 0.709. The molecule has 0 aliphatic rings. The average molecular weight is 262 g/mol. The molecule has 0 bridgehead atoms. The Labute approximate surface area is 107 Å². The van der Waals surface area contributed by atoms with Crippen molar-refractivity contribution in [1.82, 2.24) is 14.5 Å². The van der Waals surface area contributed by atoms with Crippen molar-refractivity contribution in [3.8, 4) is 0 Å². The SMILES string of the molecule is O=c1oc2cccnc2n1Cc1cc(Cl)ccn1. The molecule has 0 atom stereocenters. The lowest BCUT2D eigenvalue weighted by atomic mass is 10.3. The van der Waals surface area contributed by atoms with Gasteiger partial charge in [0, 0.05) is 17.4 Å². The number of fused-ring (bicyclic) bond motifs is 1. The van der Waals surface area contributed by atoms with E-state index in [1.807, 2.05) is 0 Å². The minimum atomic E-state index is -0.453. The van der Waals surface area contributed by atoms with Crippen LogP contribution in [0.2, 0.25) is 5.02 Å². The molecule has 3 rings (SSSR count). The second kappa shape index (κ2) is 4.27. The van der Waals surface area contributed by atoms with Crippen LogP contribution >= 0.6 is 11.6 Å². The standard InChI is InChI=1S/C12H8ClN3O2/c13-8-3-5-14-9(6-8)7-16-11-10(18-12(16)17)2-1-4-15-11/h1-6H,7H2. The summed E-state index contributed by atoms with van der Waals surface area (Å²) in [6.07, 6.45) is 3.21. The highest BCUT2D eigenvalue weighted by Crippen LogP contribution is 2.12. The molecule has 0 aromatic carbocycles. The van der Waals surface area contributed by atoms with Crippen molar-refractivity contribution in [1.29, 1.82) is 0 Å². The number of rotatable bonds is 2. The maximum absolute atomic E-state index is 11.7. The van der Waals surface area contributed by atoms with E-state index in [1.165, 1.54) is 4.57 Å². The number of hydrogen-bond acceptors (Lipinski definition) is 4. The van der Waals surface area contributed by atoms with Crippen molar-refractivity contribution in [2.75, 3.05) is 0 Å². The minimum absolute atomic E-state index is 0.281. The van der Waals surface area contributed by atoms with Crippen LogP contribution in [0, 0.1) is 0 Å². The maximum Gasteiger partial charge on any atom is 0.421 e. The first kappa shape index (κ1) is 11.0. The summed E-state index contributed by atoms with van der Waals surface area (Å²) in [5.74, 6) is -0.453. The van der Waals surface area contributed by atoms with E-state index < -0.39 is 5.76 Å². The molecule has 3 aromatic heterocycles. The zero-order valence-corrected chi connectivity index (χ0v) is 9.96. The van der Waals surface area contributed by atoms with Gasteiger partial charge in [-0.1, -0.05) is 11.6 Å². The Hall–Kier alpha value is -2.14. The van der Waals surface area contributed by atoms with Gasteiger partial charge < -0.3 is 4.42 Å². The highest BCUT2D eigenvalue weighted by atomic mass is 35.5. The van der Waals surface area contributed by atoms with Crippen LogP contribution in [0.25, 0.3) is 11.2 Å². The highest BCUT2D eigenvalue weighted by Gasteiger charge is 2.10. The molecule has 3 aromatic rings. The van der Waals surface area contributed by atoms with Gasteiger partial charge >= 0.3 is 5.76 Å². The zero-order chi connectivity index (χ0) is 12.5. The fraction of sp³-hybridized carbons (Fsp3) is 0.0833. The molecular formula is C12H8ClN3O2. The van der Waals surface area contributed by atoms with Crippen LogP contribution in [0.1, 0.15) is 5.69 Å². The Balaban J connectivity index is 2.10. The molecule has 0 fully saturated rings. The summed E-state index contributed by atoms with van der Waals surface area (Å²) >= 11 is 5.88. The molecule has 0 aliphatic heterocycles. The minimum Gasteiger partial charge on any atom is -0.406 e. The van der Waals surface area contributed by atoms with Crippen molar-refractivity contribution in [2.24, 2.45) is 0 Å². The molecule has 0 amide bonds. The van der Waals surface area contributed by atoms with Gasteiger partial charge in [-0.05, 0) is 24.3 Å². The molecule has 0 spiro atoms. The lowest BCUT2D eigenvalue weighted by Crippen LogP contribution is -2.16. The lowest BCUT2D eigenvalue weighted by molar-refractivity contribution is 0.516. The number of halogens is 1. The first-order valence-electron chi connectivity index (χ1n) is 5.29. The summed E-state index contributed by atoms with van der Waals surface area (Å²) < 4.78 is 6.51. The van der Waals surface area contributed by atoms with E-state index in [-0.39, 0.29) is 6.54 Å². The Morgan fingerprint density at radius 3 is 3.00 bits per heavy atom. The number of hydrogen-bond donors (Lipinski definition) is 0. The summed E-state index contributed by atoms with van der Waals surface area (Å²) in [6, 6.07) is 6.80. The monoisotopic (exact) mass is 261 g/mol. The van der Waals surface area contributed by atoms with Gasteiger partial charge in [-0.2, -0.15) is 0 Å². The van der Waals surface area contributed by atoms with Gasteiger partial charge in [-0.15, -0.1) is 0 Å². The van der Waals surface area contributed by atoms with Crippen molar-refractivity contribution < 1.29 is 4.42 Å². The molecule has 90 valence electrons. The highest BCUT2D eigenvalue weighted by molar-refractivity contribution is 6.30. The van der Waals surface area contributed by atoms with E-state index >= 15 is 0 Å². The predicted molar refractivity (Wildman–Crippen MR) is 66.6 cm³/mol. The molecule has 5 nitrogen and oxygen atoms in total. The van der Waals surface area contributed by atoms with E-state index in [0.29, 0.717) is 21.9 Å². The van der Waals surface area contributed by atoms with Gasteiger partial charge in [-0.25, -0.2) is 9.78 Å². The van der Waals surface area contributed by atoms with Crippen LogP contribution in [0.4, 0.5) is 0 Å². The van der Waals surface area contributed by atoms with E-state index in [9.17, 15) is 4.79 Å². The van der Waals surface area contributed by atoms with Crippen LogP contribution in [0.15, 0.2) is 45.9 Å². The predicted octanol–water partition coefficient (Wildman–Crippen LogP) is 2.09. The molecule has 0 radical (unpaired) electrons. The van der Waals surface area contributed by atoms with Crippen molar-refractivity contribution in [3.05, 3.63) is 57.9 Å². The number of oxazole rings is 1. The van der Waals surface area contributed by atoms with Crippen LogP contribution < -0.4 is 5.76 Å². The van der Waals surface area contributed by atoms with E-state index in [4.69, 9.17) is 16.0 Å². The third-order valence-electron chi connectivity index (χ3n) is 2.52. The van der Waals surface area contributed by atoms with E-state index in [1.54, 1.807) is 36.7 Å². The summed E-state index contributed by atoms with van der Waals surface area (Å²) in [6.45, 7) is 0.281. The zero-order valence-electron chi connectivity index (χ0n) is 9.21. The first-order chi connectivity index (χ1) is 8.74. The summed E-state index contributed by atoms with van der Waals surface area (Å²) in [4.78, 5) is 20.0. The number of aromatic nitrogens is 3. The number of pyridine rings is 2. The summed E-state index contributed by atoms with van der Waals surface area (Å²) in [5.41, 5.74) is 1.65. The van der Waals surface area contributed by atoms with Gasteiger partial charge in [0.2, 0.25) is 0 Å². The molecule has 0 N–H and O–H groups in total. The smallest absolute Gasteiger partial charge is 0.406 e. The Kier molecular flexibility index (Phi) is 2.60. The van der Waals surface area contributed by atoms with Crippen molar-refractivity contribution >= 4 is 22.8 Å². The average Bonchev–Trinajstić information content (AvgIpc) is 2.66. The van der Waals surface area contributed by atoms with Crippen LogP contribution in [-0.2, 0) is 6.54 Å². The fourth-order valence-corrected chi connectivity index (χ4v) is 1.92. The summed E-state index contributed by atoms with van der Waals surface area (Å²) in [5, 5.41) is 0.578. The third-order valence-corrected chi connectivity index (χ3v) is 2.76. The largest absolute Gasteiger partial charge is 0.421 e. The van der Waals surface area contributed by atoms with E-state index in [2.05, 4.69) is 9.97 Å². The second-order valence-corrected chi connectivity index (χ2v) is 4.18. The van der Waals surface area contributed by atoms with Crippen LogP contribution in [0.3, 0.4) is 0 Å².